The van der Waals surface area contributed by atoms with Gasteiger partial charge in [0.25, 0.3) is 10.0 Å². The lowest BCUT2D eigenvalue weighted by molar-refractivity contribution is 0.600. The maximum atomic E-state index is 13.2. The third-order valence-corrected chi connectivity index (χ3v) is 5.30. The lowest BCUT2D eigenvalue weighted by Gasteiger charge is -2.12. The number of hydrogen-bond donors (Lipinski definition) is 2. The second-order valence-corrected chi connectivity index (χ2v) is 7.33. The molecule has 0 heterocycles. The van der Waals surface area contributed by atoms with Gasteiger partial charge in [-0.2, -0.15) is 0 Å². The SMILES string of the molecule is Nc1ccc(F)cc1NS(=O)(=O)c1cc(Br)ccc1Br. The van der Waals surface area contributed by atoms with E-state index in [0.717, 1.165) is 12.1 Å². The maximum absolute atomic E-state index is 13.2. The highest BCUT2D eigenvalue weighted by Crippen LogP contribution is 2.29. The van der Waals surface area contributed by atoms with Crippen molar-refractivity contribution in [2.75, 3.05) is 10.5 Å². The van der Waals surface area contributed by atoms with Gasteiger partial charge in [-0.05, 0) is 46.3 Å². The van der Waals surface area contributed by atoms with Gasteiger partial charge in [0.15, 0.2) is 0 Å². The fraction of sp³-hybridized carbons (Fsp3) is 0. The summed E-state index contributed by atoms with van der Waals surface area (Å²) < 4.78 is 41.0. The topological polar surface area (TPSA) is 72.2 Å². The highest BCUT2D eigenvalue weighted by atomic mass is 79.9. The van der Waals surface area contributed by atoms with Crippen LogP contribution in [-0.2, 0) is 10.0 Å². The minimum atomic E-state index is -3.88. The van der Waals surface area contributed by atoms with Crippen LogP contribution < -0.4 is 10.5 Å². The summed E-state index contributed by atoms with van der Waals surface area (Å²) in [5.74, 6) is -0.579. The van der Waals surface area contributed by atoms with Crippen molar-refractivity contribution < 1.29 is 12.8 Å². The summed E-state index contributed by atoms with van der Waals surface area (Å²) in [6.45, 7) is 0. The number of anilines is 2. The fourth-order valence-corrected chi connectivity index (χ4v) is 4.08. The van der Waals surface area contributed by atoms with Gasteiger partial charge >= 0.3 is 0 Å². The van der Waals surface area contributed by atoms with E-state index in [1.165, 1.54) is 12.1 Å². The van der Waals surface area contributed by atoms with Crippen LogP contribution in [0.15, 0.2) is 50.2 Å². The molecule has 0 saturated heterocycles. The molecule has 0 radical (unpaired) electrons. The van der Waals surface area contributed by atoms with Crippen LogP contribution in [0.4, 0.5) is 15.8 Å². The smallest absolute Gasteiger partial charge is 0.263 e. The minimum absolute atomic E-state index is 0.00289. The average molecular weight is 424 g/mol. The zero-order valence-electron chi connectivity index (χ0n) is 9.90. The quantitative estimate of drug-likeness (QED) is 0.738. The summed E-state index contributed by atoms with van der Waals surface area (Å²) in [5.41, 5.74) is 5.77. The van der Waals surface area contributed by atoms with Gasteiger partial charge in [0.1, 0.15) is 10.7 Å². The third-order valence-electron chi connectivity index (χ3n) is 2.44. The van der Waals surface area contributed by atoms with Crippen molar-refractivity contribution in [3.63, 3.8) is 0 Å². The van der Waals surface area contributed by atoms with E-state index in [1.54, 1.807) is 12.1 Å². The molecule has 2 rings (SSSR count). The van der Waals surface area contributed by atoms with Gasteiger partial charge in [-0.1, -0.05) is 15.9 Å². The molecule has 2 aromatic rings. The van der Waals surface area contributed by atoms with Gasteiger partial charge in [-0.15, -0.1) is 0 Å². The first-order valence-electron chi connectivity index (χ1n) is 5.32. The molecule has 0 fully saturated rings. The summed E-state index contributed by atoms with van der Waals surface area (Å²) in [6, 6.07) is 8.19. The Morgan fingerprint density at radius 1 is 1.10 bits per heavy atom. The largest absolute Gasteiger partial charge is 0.397 e. The Labute approximate surface area is 132 Å². The van der Waals surface area contributed by atoms with Crippen LogP contribution in [0.2, 0.25) is 0 Å². The van der Waals surface area contributed by atoms with Gasteiger partial charge in [-0.3, -0.25) is 4.72 Å². The minimum Gasteiger partial charge on any atom is -0.397 e. The number of nitrogen functional groups attached to an aromatic ring is 1. The molecule has 0 aliphatic rings. The van der Waals surface area contributed by atoms with Crippen molar-refractivity contribution >= 4 is 53.3 Å². The second-order valence-electron chi connectivity index (χ2n) is 3.91. The van der Waals surface area contributed by atoms with Crippen LogP contribution in [0.3, 0.4) is 0 Å². The molecule has 8 heteroatoms. The molecule has 0 spiro atoms. The number of rotatable bonds is 3. The number of halogens is 3. The van der Waals surface area contributed by atoms with Crippen LogP contribution in [0.5, 0.6) is 0 Å². The molecule has 0 amide bonds. The van der Waals surface area contributed by atoms with Crippen LogP contribution in [0, 0.1) is 5.82 Å². The molecule has 0 atom stereocenters. The molecule has 106 valence electrons. The Hall–Kier alpha value is -1.12. The van der Waals surface area contributed by atoms with E-state index in [4.69, 9.17) is 5.73 Å². The Morgan fingerprint density at radius 2 is 1.80 bits per heavy atom. The summed E-state index contributed by atoms with van der Waals surface area (Å²) in [5, 5.41) is 0. The standard InChI is InChI=1S/C12H9Br2FN2O2S/c13-7-1-3-9(14)12(5-7)20(18,19)17-11-6-8(15)2-4-10(11)16/h1-6,17H,16H2. The monoisotopic (exact) mass is 422 g/mol. The highest BCUT2D eigenvalue weighted by Gasteiger charge is 2.19. The predicted molar refractivity (Wildman–Crippen MR) is 83.5 cm³/mol. The first-order valence-corrected chi connectivity index (χ1v) is 8.39. The van der Waals surface area contributed by atoms with Gasteiger partial charge < -0.3 is 5.73 Å². The number of sulfonamides is 1. The first kappa shape index (κ1) is 15.3. The predicted octanol–water partition coefficient (Wildman–Crippen LogP) is 3.73. The Balaban J connectivity index is 2.46. The summed E-state index contributed by atoms with van der Waals surface area (Å²) in [6.07, 6.45) is 0. The number of nitrogens with two attached hydrogens (primary N) is 1. The summed E-state index contributed by atoms with van der Waals surface area (Å²) >= 11 is 6.37. The van der Waals surface area contributed by atoms with Crippen LogP contribution in [-0.4, -0.2) is 8.42 Å². The van der Waals surface area contributed by atoms with Crippen LogP contribution >= 0.6 is 31.9 Å². The third kappa shape index (κ3) is 3.31. The van der Waals surface area contributed by atoms with Crippen LogP contribution in [0.1, 0.15) is 0 Å². The van der Waals surface area contributed by atoms with Crippen molar-refractivity contribution in [3.8, 4) is 0 Å². The zero-order valence-corrected chi connectivity index (χ0v) is 13.9. The van der Waals surface area contributed by atoms with Crippen molar-refractivity contribution in [2.45, 2.75) is 4.90 Å². The van der Waals surface area contributed by atoms with Gasteiger partial charge in [-0.25, -0.2) is 12.8 Å². The molecule has 0 aliphatic carbocycles. The molecule has 4 nitrogen and oxygen atoms in total. The fourth-order valence-electron chi connectivity index (χ4n) is 1.50. The van der Waals surface area contributed by atoms with Gasteiger partial charge in [0.2, 0.25) is 0 Å². The first-order chi connectivity index (χ1) is 9.29. The summed E-state index contributed by atoms with van der Waals surface area (Å²) in [7, 11) is -3.88. The molecule has 2 aromatic carbocycles. The molecular formula is C12H9Br2FN2O2S. The van der Waals surface area contributed by atoms with Crippen molar-refractivity contribution in [2.24, 2.45) is 0 Å². The average Bonchev–Trinajstić information content (AvgIpc) is 2.36. The van der Waals surface area contributed by atoms with E-state index in [-0.39, 0.29) is 16.3 Å². The zero-order chi connectivity index (χ0) is 14.9. The lowest BCUT2D eigenvalue weighted by Crippen LogP contribution is -2.15. The number of nitrogens with one attached hydrogen (secondary N) is 1. The molecule has 20 heavy (non-hydrogen) atoms. The Kier molecular flexibility index (Phi) is 4.36. The molecular weight excluding hydrogens is 415 g/mol. The van der Waals surface area contributed by atoms with Crippen LogP contribution in [0.25, 0.3) is 0 Å². The van der Waals surface area contributed by atoms with E-state index in [2.05, 4.69) is 36.6 Å². The Bertz CT molecular complexity index is 766. The van der Waals surface area contributed by atoms with E-state index in [9.17, 15) is 12.8 Å². The molecule has 3 N–H and O–H groups in total. The van der Waals surface area contributed by atoms with Gasteiger partial charge in [0.05, 0.1) is 11.4 Å². The summed E-state index contributed by atoms with van der Waals surface area (Å²) in [4.78, 5) is 0.0236. The lowest BCUT2D eigenvalue weighted by atomic mass is 10.3. The van der Waals surface area contributed by atoms with E-state index in [0.29, 0.717) is 8.95 Å². The number of hydrogen-bond acceptors (Lipinski definition) is 3. The highest BCUT2D eigenvalue weighted by molar-refractivity contribution is 9.11. The Morgan fingerprint density at radius 3 is 2.50 bits per heavy atom. The molecule has 0 aliphatic heterocycles. The van der Waals surface area contributed by atoms with Crippen molar-refractivity contribution in [1.29, 1.82) is 0 Å². The van der Waals surface area contributed by atoms with Gasteiger partial charge in [0, 0.05) is 15.0 Å². The normalized spacial score (nSPS) is 11.3. The number of benzene rings is 2. The molecule has 0 unspecified atom stereocenters. The molecule has 0 saturated carbocycles. The van der Waals surface area contributed by atoms with E-state index in [1.807, 2.05) is 0 Å². The molecule has 0 bridgehead atoms. The van der Waals surface area contributed by atoms with Crippen molar-refractivity contribution in [3.05, 3.63) is 51.2 Å². The van der Waals surface area contributed by atoms with Crippen molar-refractivity contribution in [1.82, 2.24) is 0 Å². The molecule has 0 aromatic heterocycles. The maximum Gasteiger partial charge on any atom is 0.263 e. The second kappa shape index (κ2) is 5.71. The van der Waals surface area contributed by atoms with E-state index < -0.39 is 15.8 Å². The van der Waals surface area contributed by atoms with E-state index >= 15 is 0 Å².